The lowest BCUT2D eigenvalue weighted by molar-refractivity contribution is -0.152. The van der Waals surface area contributed by atoms with Gasteiger partial charge in [0.05, 0.1) is 6.61 Å². The van der Waals surface area contributed by atoms with Gasteiger partial charge in [0.2, 0.25) is 11.8 Å². The molecule has 0 unspecified atom stereocenters. The molecular formula is C28H33N3O4. The number of rotatable bonds is 8. The predicted octanol–water partition coefficient (Wildman–Crippen LogP) is 3.40. The summed E-state index contributed by atoms with van der Waals surface area (Å²) in [6.45, 7) is 5.40. The van der Waals surface area contributed by atoms with Crippen molar-refractivity contribution in [3.63, 3.8) is 0 Å². The van der Waals surface area contributed by atoms with Crippen molar-refractivity contribution in [3.8, 4) is 5.75 Å². The van der Waals surface area contributed by atoms with Crippen LogP contribution in [0.15, 0.2) is 60.3 Å². The van der Waals surface area contributed by atoms with Crippen LogP contribution in [0.1, 0.15) is 43.7 Å². The maximum absolute atomic E-state index is 13.1. The Morgan fingerprint density at radius 1 is 1.03 bits per heavy atom. The Hall–Kier alpha value is -3.45. The molecule has 3 amide bonds. The van der Waals surface area contributed by atoms with Gasteiger partial charge in [-0.2, -0.15) is 0 Å². The van der Waals surface area contributed by atoms with Crippen molar-refractivity contribution in [1.82, 2.24) is 15.1 Å². The number of carbonyl (C=O) groups is 3. The van der Waals surface area contributed by atoms with Crippen LogP contribution in [0.3, 0.4) is 0 Å². The second-order valence-electron chi connectivity index (χ2n) is 9.12. The van der Waals surface area contributed by atoms with Crippen LogP contribution in [-0.2, 0) is 20.8 Å². The van der Waals surface area contributed by atoms with E-state index in [4.69, 9.17) is 4.74 Å². The summed E-state index contributed by atoms with van der Waals surface area (Å²) in [6, 6.07) is 15.9. The zero-order valence-electron chi connectivity index (χ0n) is 20.2. The Balaban J connectivity index is 1.36. The van der Waals surface area contributed by atoms with E-state index in [2.05, 4.69) is 10.2 Å². The number of likely N-dealkylation sites (tertiary alicyclic amines) is 1. The molecule has 7 nitrogen and oxygen atoms in total. The molecule has 1 N–H and O–H groups in total. The second kappa shape index (κ2) is 11.8. The molecule has 0 saturated carbocycles. The number of amides is 3. The minimum atomic E-state index is -0.875. The molecule has 7 heteroatoms. The molecule has 2 aliphatic heterocycles. The Kier molecular flexibility index (Phi) is 8.32. The third-order valence-electron chi connectivity index (χ3n) is 6.46. The van der Waals surface area contributed by atoms with E-state index < -0.39 is 17.9 Å². The summed E-state index contributed by atoms with van der Waals surface area (Å²) in [7, 11) is 0. The average Bonchev–Trinajstić information content (AvgIpc) is 2.87. The molecule has 35 heavy (non-hydrogen) atoms. The lowest BCUT2D eigenvalue weighted by Crippen LogP contribution is -2.59. The molecule has 0 bridgehead atoms. The number of hydrogen-bond donors (Lipinski definition) is 1. The molecule has 2 aromatic carbocycles. The summed E-state index contributed by atoms with van der Waals surface area (Å²) in [5, 5.41) is 2.70. The maximum atomic E-state index is 13.1. The van der Waals surface area contributed by atoms with Gasteiger partial charge >= 0.3 is 0 Å². The van der Waals surface area contributed by atoms with E-state index in [1.807, 2.05) is 54.6 Å². The van der Waals surface area contributed by atoms with Crippen LogP contribution in [0.4, 0.5) is 0 Å². The van der Waals surface area contributed by atoms with Gasteiger partial charge in [-0.25, -0.2) is 0 Å². The van der Waals surface area contributed by atoms with E-state index >= 15 is 0 Å². The van der Waals surface area contributed by atoms with Crippen LogP contribution in [-0.4, -0.2) is 59.8 Å². The normalized spacial score (nSPS) is 20.1. The molecule has 0 aromatic heterocycles. The molecule has 4 rings (SSSR count). The summed E-state index contributed by atoms with van der Waals surface area (Å²) in [5.41, 5.74) is 1.70. The Morgan fingerprint density at radius 3 is 2.43 bits per heavy atom. The Labute approximate surface area is 206 Å². The van der Waals surface area contributed by atoms with Crippen LogP contribution < -0.4 is 10.1 Å². The first-order valence-electron chi connectivity index (χ1n) is 12.4. The average molecular weight is 476 g/mol. The number of piperidine rings is 1. The minimum Gasteiger partial charge on any atom is -0.494 e. The lowest BCUT2D eigenvalue weighted by Gasteiger charge is -2.34. The standard InChI is InChI=1S/C28H33N3O4/c1-21(32)31-26(20-22-9-4-2-5-10-22)27(33)29-25(28(31)34)19-23-11-13-24(14-12-23)35-18-8-17-30-15-6-3-7-16-30/h2,4-5,9-14,19,26H,3,6-8,15-18,20H2,1H3,(H,29,33)/b25-19-/t26-/m0/s1. The number of ether oxygens (including phenoxy) is 1. The first-order chi connectivity index (χ1) is 17.0. The van der Waals surface area contributed by atoms with E-state index in [-0.39, 0.29) is 18.0 Å². The van der Waals surface area contributed by atoms with Crippen molar-refractivity contribution in [1.29, 1.82) is 0 Å². The third-order valence-corrected chi connectivity index (χ3v) is 6.46. The predicted molar refractivity (Wildman–Crippen MR) is 134 cm³/mol. The number of piperazine rings is 1. The van der Waals surface area contributed by atoms with Crippen molar-refractivity contribution in [3.05, 3.63) is 71.4 Å². The highest BCUT2D eigenvalue weighted by Crippen LogP contribution is 2.21. The SMILES string of the molecule is CC(=O)N1C(=O)/C(=C/c2ccc(OCCCN3CCCCC3)cc2)NC(=O)[C@@H]1Cc1ccccc1. The highest BCUT2D eigenvalue weighted by Gasteiger charge is 2.40. The zero-order valence-corrected chi connectivity index (χ0v) is 20.2. The molecule has 2 fully saturated rings. The van der Waals surface area contributed by atoms with Crippen LogP contribution >= 0.6 is 0 Å². The first-order valence-corrected chi connectivity index (χ1v) is 12.4. The summed E-state index contributed by atoms with van der Waals surface area (Å²) >= 11 is 0. The second-order valence-corrected chi connectivity index (χ2v) is 9.12. The summed E-state index contributed by atoms with van der Waals surface area (Å²) < 4.78 is 5.86. The van der Waals surface area contributed by atoms with E-state index in [0.717, 1.165) is 34.7 Å². The minimum absolute atomic E-state index is 0.0877. The Morgan fingerprint density at radius 2 is 1.74 bits per heavy atom. The third kappa shape index (κ3) is 6.57. The van der Waals surface area contributed by atoms with Crippen molar-refractivity contribution in [2.24, 2.45) is 0 Å². The number of benzene rings is 2. The largest absolute Gasteiger partial charge is 0.494 e. The lowest BCUT2D eigenvalue weighted by atomic mass is 10.0. The van der Waals surface area contributed by atoms with Crippen molar-refractivity contribution in [2.45, 2.75) is 45.1 Å². The van der Waals surface area contributed by atoms with Crippen LogP contribution in [0.5, 0.6) is 5.75 Å². The number of hydrogen-bond acceptors (Lipinski definition) is 5. The molecule has 2 saturated heterocycles. The van der Waals surface area contributed by atoms with Gasteiger partial charge in [0.25, 0.3) is 5.91 Å². The zero-order chi connectivity index (χ0) is 24.6. The van der Waals surface area contributed by atoms with E-state index in [9.17, 15) is 14.4 Å². The fourth-order valence-corrected chi connectivity index (χ4v) is 4.63. The summed E-state index contributed by atoms with van der Waals surface area (Å²) in [5.74, 6) is -0.567. The Bertz CT molecular complexity index is 1060. The molecule has 0 aliphatic carbocycles. The van der Waals surface area contributed by atoms with Gasteiger partial charge in [-0.15, -0.1) is 0 Å². The van der Waals surface area contributed by atoms with Gasteiger partial charge in [-0.05, 0) is 61.7 Å². The molecule has 2 heterocycles. The van der Waals surface area contributed by atoms with Gasteiger partial charge in [-0.3, -0.25) is 19.3 Å². The van der Waals surface area contributed by atoms with Gasteiger partial charge in [0, 0.05) is 19.9 Å². The molecule has 0 spiro atoms. The van der Waals surface area contributed by atoms with E-state index in [1.54, 1.807) is 6.08 Å². The van der Waals surface area contributed by atoms with Crippen molar-refractivity contribution < 1.29 is 19.1 Å². The highest BCUT2D eigenvalue weighted by atomic mass is 16.5. The quantitative estimate of drug-likeness (QED) is 0.468. The monoisotopic (exact) mass is 475 g/mol. The first kappa shape index (κ1) is 24.7. The smallest absolute Gasteiger partial charge is 0.277 e. The fourth-order valence-electron chi connectivity index (χ4n) is 4.63. The maximum Gasteiger partial charge on any atom is 0.277 e. The number of imide groups is 1. The van der Waals surface area contributed by atoms with Gasteiger partial charge in [0.15, 0.2) is 0 Å². The van der Waals surface area contributed by atoms with Crippen molar-refractivity contribution >= 4 is 23.8 Å². The van der Waals surface area contributed by atoms with Crippen molar-refractivity contribution in [2.75, 3.05) is 26.2 Å². The number of nitrogens with one attached hydrogen (secondary N) is 1. The molecular weight excluding hydrogens is 442 g/mol. The van der Waals surface area contributed by atoms with Gasteiger partial charge in [-0.1, -0.05) is 48.9 Å². The number of carbonyl (C=O) groups excluding carboxylic acids is 3. The van der Waals surface area contributed by atoms with Crippen LogP contribution in [0.2, 0.25) is 0 Å². The topological polar surface area (TPSA) is 79.0 Å². The molecule has 184 valence electrons. The van der Waals surface area contributed by atoms with Crippen LogP contribution in [0, 0.1) is 0 Å². The summed E-state index contributed by atoms with van der Waals surface area (Å²) in [4.78, 5) is 41.8. The van der Waals surface area contributed by atoms with Crippen LogP contribution in [0.25, 0.3) is 6.08 Å². The molecule has 2 aromatic rings. The molecule has 1 atom stereocenters. The van der Waals surface area contributed by atoms with E-state index in [0.29, 0.717) is 6.61 Å². The van der Waals surface area contributed by atoms with Gasteiger partial charge < -0.3 is 15.0 Å². The molecule has 0 radical (unpaired) electrons. The van der Waals surface area contributed by atoms with Gasteiger partial charge in [0.1, 0.15) is 17.5 Å². The highest BCUT2D eigenvalue weighted by molar-refractivity contribution is 6.13. The number of nitrogens with zero attached hydrogens (tertiary/aromatic N) is 2. The summed E-state index contributed by atoms with van der Waals surface area (Å²) in [6.07, 6.45) is 6.77. The fraction of sp³-hybridized carbons (Fsp3) is 0.393. The molecule has 2 aliphatic rings. The van der Waals surface area contributed by atoms with E-state index in [1.165, 1.54) is 39.3 Å².